The number of carbonyl (C=O) groups is 1. The molecule has 0 fully saturated rings. The zero-order chi connectivity index (χ0) is 19.3. The summed E-state index contributed by atoms with van der Waals surface area (Å²) in [7, 11) is 0. The molecule has 0 bridgehead atoms. The molecule has 4 nitrogen and oxygen atoms in total. The smallest absolute Gasteiger partial charge is 0.224 e. The van der Waals surface area contributed by atoms with Crippen molar-refractivity contribution in [2.75, 3.05) is 5.32 Å². The van der Waals surface area contributed by atoms with Gasteiger partial charge in [0.25, 0.3) is 0 Å². The third kappa shape index (κ3) is 8.51. The van der Waals surface area contributed by atoms with Crippen LogP contribution in [0, 0.1) is 6.92 Å². The van der Waals surface area contributed by atoms with Gasteiger partial charge >= 0.3 is 0 Å². The van der Waals surface area contributed by atoms with Crippen LogP contribution in [-0.4, -0.2) is 15.9 Å². The van der Waals surface area contributed by atoms with Crippen molar-refractivity contribution in [2.45, 2.75) is 90.9 Å². The van der Waals surface area contributed by atoms with Crippen LogP contribution in [0.1, 0.15) is 89.7 Å². The first kappa shape index (κ1) is 21.3. The van der Waals surface area contributed by atoms with Gasteiger partial charge in [0.15, 0.2) is 0 Å². The molecule has 0 saturated carbocycles. The molecule has 1 amide bonds. The predicted molar refractivity (Wildman–Crippen MR) is 114 cm³/mol. The van der Waals surface area contributed by atoms with Crippen molar-refractivity contribution >= 4 is 22.6 Å². The van der Waals surface area contributed by atoms with Crippen molar-refractivity contribution in [2.24, 2.45) is 0 Å². The topological polar surface area (TPSA) is 54.9 Å². The standard InChI is InChI=1S/C23H35N3O/c1-3-4-5-6-7-8-9-10-11-12-13-14-23(27)26-20-15-16-21-22(17-20)24-18-19(2)25-21/h15-18H,3-14H2,1-2H3,(H,26,27). The molecule has 148 valence electrons. The van der Waals surface area contributed by atoms with Crippen LogP contribution in [0.25, 0.3) is 11.0 Å². The molecule has 0 spiro atoms. The summed E-state index contributed by atoms with van der Waals surface area (Å²) in [6, 6.07) is 5.70. The Morgan fingerprint density at radius 2 is 1.52 bits per heavy atom. The summed E-state index contributed by atoms with van der Waals surface area (Å²) in [5, 5.41) is 2.98. The molecule has 0 aliphatic heterocycles. The van der Waals surface area contributed by atoms with Crippen LogP contribution in [0.2, 0.25) is 0 Å². The highest BCUT2D eigenvalue weighted by atomic mass is 16.1. The first-order chi connectivity index (χ1) is 13.2. The molecule has 4 heteroatoms. The summed E-state index contributed by atoms with van der Waals surface area (Å²) >= 11 is 0. The van der Waals surface area contributed by atoms with E-state index in [1.807, 2.05) is 25.1 Å². The highest BCUT2D eigenvalue weighted by molar-refractivity contribution is 5.92. The lowest BCUT2D eigenvalue weighted by Gasteiger charge is -2.07. The molecule has 0 unspecified atom stereocenters. The summed E-state index contributed by atoms with van der Waals surface area (Å²) in [6.07, 6.45) is 16.6. The van der Waals surface area contributed by atoms with Crippen molar-refractivity contribution in [1.29, 1.82) is 0 Å². The molecular weight excluding hydrogens is 334 g/mol. The molecule has 0 radical (unpaired) electrons. The lowest BCUT2D eigenvalue weighted by atomic mass is 10.1. The van der Waals surface area contributed by atoms with Crippen molar-refractivity contribution in [1.82, 2.24) is 9.97 Å². The number of aryl methyl sites for hydroxylation is 1. The van der Waals surface area contributed by atoms with Crippen LogP contribution in [0.4, 0.5) is 5.69 Å². The molecular formula is C23H35N3O. The van der Waals surface area contributed by atoms with Crippen LogP contribution in [0.3, 0.4) is 0 Å². The lowest BCUT2D eigenvalue weighted by Crippen LogP contribution is -2.11. The maximum atomic E-state index is 12.1. The van der Waals surface area contributed by atoms with E-state index in [4.69, 9.17) is 0 Å². The Labute approximate surface area is 164 Å². The zero-order valence-corrected chi connectivity index (χ0v) is 17.1. The van der Waals surface area contributed by atoms with Gasteiger partial charge in [-0.05, 0) is 31.5 Å². The van der Waals surface area contributed by atoms with Crippen molar-refractivity contribution in [3.63, 3.8) is 0 Å². The fourth-order valence-corrected chi connectivity index (χ4v) is 3.35. The van der Waals surface area contributed by atoms with E-state index in [1.54, 1.807) is 6.20 Å². The number of nitrogens with zero attached hydrogens (tertiary/aromatic N) is 2. The van der Waals surface area contributed by atoms with Crippen LogP contribution < -0.4 is 5.32 Å². The van der Waals surface area contributed by atoms with Gasteiger partial charge in [0.1, 0.15) is 0 Å². The third-order valence-corrected chi connectivity index (χ3v) is 4.95. The van der Waals surface area contributed by atoms with Gasteiger partial charge in [-0.1, -0.05) is 71.1 Å². The fourth-order valence-electron chi connectivity index (χ4n) is 3.35. The molecule has 27 heavy (non-hydrogen) atoms. The Bertz CT molecular complexity index is 699. The number of carbonyl (C=O) groups excluding carboxylic acids is 1. The second kappa shape index (κ2) is 12.4. The van der Waals surface area contributed by atoms with E-state index >= 15 is 0 Å². The molecule has 0 saturated heterocycles. The SMILES string of the molecule is CCCCCCCCCCCCCC(=O)Nc1ccc2nc(C)cnc2c1. The average molecular weight is 370 g/mol. The van der Waals surface area contributed by atoms with Gasteiger partial charge < -0.3 is 5.32 Å². The first-order valence-electron chi connectivity index (χ1n) is 10.7. The highest BCUT2D eigenvalue weighted by Gasteiger charge is 2.04. The Hall–Kier alpha value is -1.97. The second-order valence-electron chi connectivity index (χ2n) is 7.55. The summed E-state index contributed by atoms with van der Waals surface area (Å²) < 4.78 is 0. The highest BCUT2D eigenvalue weighted by Crippen LogP contribution is 2.17. The molecule has 1 heterocycles. The molecule has 1 N–H and O–H groups in total. The van der Waals surface area contributed by atoms with Crippen molar-refractivity contribution in [3.05, 3.63) is 30.1 Å². The lowest BCUT2D eigenvalue weighted by molar-refractivity contribution is -0.116. The number of amides is 1. The van der Waals surface area contributed by atoms with Gasteiger partial charge in [-0.15, -0.1) is 0 Å². The second-order valence-corrected chi connectivity index (χ2v) is 7.55. The minimum atomic E-state index is 0.0883. The van der Waals surface area contributed by atoms with Crippen molar-refractivity contribution in [3.8, 4) is 0 Å². The quantitative estimate of drug-likeness (QED) is 0.406. The van der Waals surface area contributed by atoms with E-state index in [2.05, 4.69) is 22.2 Å². The van der Waals surface area contributed by atoms with Gasteiger partial charge in [0.2, 0.25) is 5.91 Å². The number of anilines is 1. The predicted octanol–water partition coefficient (Wildman–Crippen LogP) is 6.58. The number of unbranched alkanes of at least 4 members (excludes halogenated alkanes) is 10. The van der Waals surface area contributed by atoms with E-state index < -0.39 is 0 Å². The van der Waals surface area contributed by atoms with Gasteiger partial charge in [0, 0.05) is 18.3 Å². The fraction of sp³-hybridized carbons (Fsp3) is 0.609. The van der Waals surface area contributed by atoms with Gasteiger partial charge in [0.05, 0.1) is 16.7 Å². The summed E-state index contributed by atoms with van der Waals surface area (Å²) in [5.74, 6) is 0.0883. The number of hydrogen-bond acceptors (Lipinski definition) is 3. The first-order valence-corrected chi connectivity index (χ1v) is 10.7. The Morgan fingerprint density at radius 3 is 2.19 bits per heavy atom. The Kier molecular flexibility index (Phi) is 9.81. The summed E-state index contributed by atoms with van der Waals surface area (Å²) in [6.45, 7) is 4.19. The maximum absolute atomic E-state index is 12.1. The summed E-state index contributed by atoms with van der Waals surface area (Å²) in [5.41, 5.74) is 3.37. The number of benzene rings is 1. The molecule has 0 aliphatic carbocycles. The molecule has 2 aromatic rings. The largest absolute Gasteiger partial charge is 0.326 e. The van der Waals surface area contributed by atoms with Crippen LogP contribution >= 0.6 is 0 Å². The third-order valence-electron chi connectivity index (χ3n) is 4.95. The molecule has 0 aliphatic rings. The summed E-state index contributed by atoms with van der Waals surface area (Å²) in [4.78, 5) is 20.9. The number of aromatic nitrogens is 2. The van der Waals surface area contributed by atoms with Crippen LogP contribution in [-0.2, 0) is 4.79 Å². The normalized spacial score (nSPS) is 11.0. The number of rotatable bonds is 13. The van der Waals surface area contributed by atoms with E-state index in [9.17, 15) is 4.79 Å². The van der Waals surface area contributed by atoms with E-state index in [1.165, 1.54) is 57.8 Å². The van der Waals surface area contributed by atoms with E-state index in [0.29, 0.717) is 6.42 Å². The van der Waals surface area contributed by atoms with Gasteiger partial charge in [-0.2, -0.15) is 0 Å². The van der Waals surface area contributed by atoms with Gasteiger partial charge in [-0.25, -0.2) is 4.98 Å². The molecule has 1 aromatic carbocycles. The average Bonchev–Trinajstić information content (AvgIpc) is 2.66. The Balaban J connectivity index is 1.54. The molecule has 0 atom stereocenters. The maximum Gasteiger partial charge on any atom is 0.224 e. The number of nitrogens with one attached hydrogen (secondary N) is 1. The molecule has 2 rings (SSSR count). The Morgan fingerprint density at radius 1 is 0.889 bits per heavy atom. The minimum absolute atomic E-state index is 0.0883. The van der Waals surface area contributed by atoms with Crippen LogP contribution in [0.5, 0.6) is 0 Å². The number of hydrogen-bond donors (Lipinski definition) is 1. The van der Waals surface area contributed by atoms with E-state index in [0.717, 1.165) is 35.3 Å². The monoisotopic (exact) mass is 369 g/mol. The molecule has 1 aromatic heterocycles. The van der Waals surface area contributed by atoms with Gasteiger partial charge in [-0.3, -0.25) is 9.78 Å². The van der Waals surface area contributed by atoms with Crippen molar-refractivity contribution < 1.29 is 4.79 Å². The zero-order valence-electron chi connectivity index (χ0n) is 17.1. The minimum Gasteiger partial charge on any atom is -0.326 e. The van der Waals surface area contributed by atoms with Crippen LogP contribution in [0.15, 0.2) is 24.4 Å². The number of fused-ring (bicyclic) bond motifs is 1. The van der Waals surface area contributed by atoms with E-state index in [-0.39, 0.29) is 5.91 Å².